The Kier molecular flexibility index (Phi) is 8.52. The first-order valence-electron chi connectivity index (χ1n) is 10.8. The van der Waals surface area contributed by atoms with E-state index in [2.05, 4.69) is 5.32 Å². The van der Waals surface area contributed by atoms with E-state index < -0.39 is 45.3 Å². The molecule has 11 heteroatoms. The molecular formula is C25H24ClF3N2O4S. The lowest BCUT2D eigenvalue weighted by atomic mass is 10.0. The summed E-state index contributed by atoms with van der Waals surface area (Å²) in [6.45, 7) is 1.09. The molecule has 3 rings (SSSR count). The molecule has 1 amide bonds. The average molecular weight is 541 g/mol. The number of nitrogens with zero attached hydrogens (tertiary/aromatic N) is 1. The number of hydrogen-bond donors (Lipinski definition) is 1. The number of anilines is 1. The highest BCUT2D eigenvalue weighted by molar-refractivity contribution is 7.92. The summed E-state index contributed by atoms with van der Waals surface area (Å²) in [7, 11) is -2.87. The number of hydrogen-bond acceptors (Lipinski definition) is 4. The quantitative estimate of drug-likeness (QED) is 0.370. The number of benzene rings is 3. The van der Waals surface area contributed by atoms with Gasteiger partial charge in [0.1, 0.15) is 12.3 Å². The Bertz CT molecular complexity index is 1300. The molecule has 0 aliphatic heterocycles. The van der Waals surface area contributed by atoms with E-state index in [-0.39, 0.29) is 10.6 Å². The molecule has 1 atom stereocenters. The van der Waals surface area contributed by atoms with E-state index in [1.807, 2.05) is 6.92 Å². The molecule has 0 spiro atoms. The topological polar surface area (TPSA) is 75.7 Å². The number of rotatable bonds is 9. The largest absolute Gasteiger partial charge is 0.497 e. The van der Waals surface area contributed by atoms with Crippen LogP contribution in [-0.2, 0) is 21.0 Å². The van der Waals surface area contributed by atoms with Crippen LogP contribution in [0.5, 0.6) is 5.75 Å². The van der Waals surface area contributed by atoms with Crippen LogP contribution in [0.4, 0.5) is 18.9 Å². The molecule has 0 radical (unpaired) electrons. The molecule has 1 N–H and O–H groups in total. The van der Waals surface area contributed by atoms with E-state index >= 15 is 0 Å². The Morgan fingerprint density at radius 1 is 1.06 bits per heavy atom. The van der Waals surface area contributed by atoms with Gasteiger partial charge in [-0.15, -0.1) is 0 Å². The van der Waals surface area contributed by atoms with Gasteiger partial charge in [-0.25, -0.2) is 8.42 Å². The van der Waals surface area contributed by atoms with Crippen molar-refractivity contribution >= 4 is 33.2 Å². The fourth-order valence-corrected chi connectivity index (χ4v) is 5.21. The number of ether oxygens (including phenoxy) is 1. The SMILES string of the molecule is CC[C@@H](NC(=O)CN(c1ccc(Cl)c(C(F)(F)F)c1)S(=O)(=O)c1ccccc1)c1ccc(OC)cc1. The molecule has 0 unspecified atom stereocenters. The summed E-state index contributed by atoms with van der Waals surface area (Å²) in [5.41, 5.74) is -0.793. The minimum atomic E-state index is -4.82. The Hall–Kier alpha value is -3.24. The Balaban J connectivity index is 1.97. The number of carbonyl (C=O) groups is 1. The van der Waals surface area contributed by atoms with E-state index in [4.69, 9.17) is 16.3 Å². The highest BCUT2D eigenvalue weighted by atomic mass is 35.5. The van der Waals surface area contributed by atoms with Crippen LogP contribution >= 0.6 is 11.6 Å². The lowest BCUT2D eigenvalue weighted by molar-refractivity contribution is -0.137. The van der Waals surface area contributed by atoms with Crippen molar-refractivity contribution in [2.24, 2.45) is 0 Å². The van der Waals surface area contributed by atoms with Gasteiger partial charge in [-0.2, -0.15) is 13.2 Å². The Morgan fingerprint density at radius 3 is 2.25 bits per heavy atom. The lowest BCUT2D eigenvalue weighted by Gasteiger charge is -2.26. The van der Waals surface area contributed by atoms with Crippen molar-refractivity contribution in [2.45, 2.75) is 30.5 Å². The third-order valence-corrected chi connectivity index (χ3v) is 7.54. The van der Waals surface area contributed by atoms with E-state index in [9.17, 15) is 26.4 Å². The van der Waals surface area contributed by atoms with Gasteiger partial charge < -0.3 is 10.1 Å². The van der Waals surface area contributed by atoms with Crippen molar-refractivity contribution in [2.75, 3.05) is 18.0 Å². The van der Waals surface area contributed by atoms with E-state index in [1.54, 1.807) is 30.3 Å². The van der Waals surface area contributed by atoms with Crippen molar-refractivity contribution in [3.05, 3.63) is 88.9 Å². The lowest BCUT2D eigenvalue weighted by Crippen LogP contribution is -2.42. The van der Waals surface area contributed by atoms with Crippen LogP contribution in [0.2, 0.25) is 5.02 Å². The van der Waals surface area contributed by atoms with E-state index in [1.165, 1.54) is 31.4 Å². The summed E-state index contributed by atoms with van der Waals surface area (Å²) in [5, 5.41) is 2.18. The molecule has 3 aromatic carbocycles. The third kappa shape index (κ3) is 6.30. The smallest absolute Gasteiger partial charge is 0.417 e. The number of alkyl halides is 3. The van der Waals surface area contributed by atoms with Gasteiger partial charge >= 0.3 is 6.18 Å². The molecule has 3 aromatic rings. The van der Waals surface area contributed by atoms with Gasteiger partial charge in [-0.3, -0.25) is 9.10 Å². The first-order valence-corrected chi connectivity index (χ1v) is 12.7. The number of carbonyl (C=O) groups excluding carboxylic acids is 1. The van der Waals surface area contributed by atoms with Crippen LogP contribution < -0.4 is 14.4 Å². The van der Waals surface area contributed by atoms with Crippen LogP contribution in [-0.4, -0.2) is 28.0 Å². The molecule has 0 aliphatic carbocycles. The number of amides is 1. The standard InChI is InChI=1S/C25H24ClF3N2O4S/c1-3-23(17-9-12-19(35-2)13-10-17)30-24(32)16-31(36(33,34)20-7-5-4-6-8-20)18-11-14-22(26)21(15-18)25(27,28)29/h4-15,23H,3,16H2,1-2H3,(H,30,32)/t23-/m1/s1. The summed E-state index contributed by atoms with van der Waals surface area (Å²) >= 11 is 5.72. The van der Waals surface area contributed by atoms with Crippen LogP contribution in [0.25, 0.3) is 0 Å². The zero-order valence-corrected chi connectivity index (χ0v) is 21.0. The molecule has 0 bridgehead atoms. The monoisotopic (exact) mass is 540 g/mol. The van der Waals surface area contributed by atoms with Gasteiger partial charge in [-0.05, 0) is 54.4 Å². The number of methoxy groups -OCH3 is 1. The van der Waals surface area contributed by atoms with Crippen molar-refractivity contribution in [3.8, 4) is 5.75 Å². The summed E-state index contributed by atoms with van der Waals surface area (Å²) in [6.07, 6.45) is -4.33. The molecule has 6 nitrogen and oxygen atoms in total. The predicted octanol–water partition coefficient (Wildman–Crippen LogP) is 5.83. The molecule has 192 valence electrons. The van der Waals surface area contributed by atoms with Gasteiger partial charge in [0, 0.05) is 0 Å². The van der Waals surface area contributed by atoms with Crippen LogP contribution in [0.15, 0.2) is 77.7 Å². The second-order valence-corrected chi connectivity index (χ2v) is 10.1. The summed E-state index contributed by atoms with van der Waals surface area (Å²) in [5.74, 6) is -0.0658. The molecule has 0 saturated carbocycles. The highest BCUT2D eigenvalue weighted by Gasteiger charge is 2.35. The second kappa shape index (κ2) is 11.2. The minimum Gasteiger partial charge on any atom is -0.497 e. The Morgan fingerprint density at radius 2 is 1.69 bits per heavy atom. The first-order chi connectivity index (χ1) is 17.0. The number of nitrogens with one attached hydrogen (secondary N) is 1. The van der Waals surface area contributed by atoms with Crippen LogP contribution in [0.1, 0.15) is 30.5 Å². The fourth-order valence-electron chi connectivity index (χ4n) is 3.55. The third-order valence-electron chi connectivity index (χ3n) is 5.42. The summed E-state index contributed by atoms with van der Waals surface area (Å²) in [6, 6.07) is 16.4. The summed E-state index contributed by atoms with van der Waals surface area (Å²) in [4.78, 5) is 12.9. The van der Waals surface area contributed by atoms with Crippen LogP contribution in [0, 0.1) is 0 Å². The summed E-state index contributed by atoms with van der Waals surface area (Å²) < 4.78 is 73.1. The molecule has 0 fully saturated rings. The molecular weight excluding hydrogens is 517 g/mol. The van der Waals surface area contributed by atoms with Crippen molar-refractivity contribution in [1.29, 1.82) is 0 Å². The zero-order valence-electron chi connectivity index (χ0n) is 19.4. The Labute approximate surface area is 212 Å². The van der Waals surface area contributed by atoms with Gasteiger partial charge in [0.25, 0.3) is 10.0 Å². The van der Waals surface area contributed by atoms with Crippen molar-refractivity contribution < 1.29 is 31.1 Å². The van der Waals surface area contributed by atoms with Crippen molar-refractivity contribution in [3.63, 3.8) is 0 Å². The molecule has 0 aliphatic rings. The normalized spacial score (nSPS) is 12.6. The molecule has 0 heterocycles. The minimum absolute atomic E-state index is 0.177. The van der Waals surface area contributed by atoms with E-state index in [0.717, 1.165) is 17.7 Å². The predicted molar refractivity (Wildman–Crippen MR) is 132 cm³/mol. The van der Waals surface area contributed by atoms with Gasteiger partial charge in [-0.1, -0.05) is 48.9 Å². The van der Waals surface area contributed by atoms with Crippen LogP contribution in [0.3, 0.4) is 0 Å². The van der Waals surface area contributed by atoms with Gasteiger partial charge in [0.05, 0.1) is 34.3 Å². The fraction of sp³-hybridized carbons (Fsp3) is 0.240. The maximum Gasteiger partial charge on any atom is 0.417 e. The van der Waals surface area contributed by atoms with E-state index in [0.29, 0.717) is 22.5 Å². The highest BCUT2D eigenvalue weighted by Crippen LogP contribution is 2.38. The number of halogens is 4. The maximum atomic E-state index is 13.5. The zero-order chi connectivity index (χ0) is 26.5. The van der Waals surface area contributed by atoms with Gasteiger partial charge in [0.15, 0.2) is 0 Å². The van der Waals surface area contributed by atoms with Crippen molar-refractivity contribution in [1.82, 2.24) is 5.32 Å². The number of sulfonamides is 1. The van der Waals surface area contributed by atoms with Gasteiger partial charge in [0.2, 0.25) is 5.91 Å². The molecule has 0 saturated heterocycles. The molecule has 0 aromatic heterocycles. The first kappa shape index (κ1) is 27.3. The molecule has 36 heavy (non-hydrogen) atoms. The maximum absolute atomic E-state index is 13.5. The second-order valence-electron chi connectivity index (χ2n) is 7.79. The average Bonchev–Trinajstić information content (AvgIpc) is 2.86.